The molecule has 12 nitrogen and oxygen atoms in total. The average molecular weight is 620 g/mol. The summed E-state index contributed by atoms with van der Waals surface area (Å²) in [5, 5.41) is 10.8. The molecular weight excluding hydrogens is 598 g/mol. The van der Waals surface area contributed by atoms with Crippen LogP contribution in [0.25, 0.3) is 0 Å². The number of aromatic nitrogens is 1. The zero-order valence-corrected chi connectivity index (χ0v) is 24.1. The molecule has 3 aromatic carbocycles. The summed E-state index contributed by atoms with van der Waals surface area (Å²) in [5.74, 6) is -4.77. The smallest absolute Gasteiger partial charge is 0.337 e. The Balaban J connectivity index is 1.58. The van der Waals surface area contributed by atoms with Gasteiger partial charge in [-0.3, -0.25) is 29.4 Å². The predicted octanol–water partition coefficient (Wildman–Crippen LogP) is 4.14. The van der Waals surface area contributed by atoms with E-state index in [4.69, 9.17) is 4.74 Å². The Morgan fingerprint density at radius 3 is 2.14 bits per heavy atom. The summed E-state index contributed by atoms with van der Waals surface area (Å²) in [4.78, 5) is 67.7. The van der Waals surface area contributed by atoms with Crippen LogP contribution in [0, 0.1) is 23.0 Å². The summed E-state index contributed by atoms with van der Waals surface area (Å²) in [6.07, 6.45) is 1.01. The van der Waals surface area contributed by atoms with Gasteiger partial charge in [0.25, 0.3) is 11.6 Å². The Hall–Kier alpha value is -5.08. The second kappa shape index (κ2) is 11.3. The number of carbonyl (C=O) groups is 4. The number of rotatable bonds is 8. The van der Waals surface area contributed by atoms with Gasteiger partial charge in [0.1, 0.15) is 10.1 Å². The average Bonchev–Trinajstić information content (AvgIpc) is 3.60. The van der Waals surface area contributed by atoms with Crippen molar-refractivity contribution in [1.29, 1.82) is 0 Å². The lowest BCUT2D eigenvalue weighted by Crippen LogP contribution is -2.30. The summed E-state index contributed by atoms with van der Waals surface area (Å²) >= 11 is 0.604. The largest absolute Gasteiger partial charge is 0.465 e. The van der Waals surface area contributed by atoms with Crippen LogP contribution in [0.5, 0.6) is 0 Å². The first-order valence-corrected chi connectivity index (χ1v) is 14.9. The van der Waals surface area contributed by atoms with E-state index in [9.17, 15) is 37.7 Å². The van der Waals surface area contributed by atoms with Crippen LogP contribution in [0.15, 0.2) is 88.1 Å². The molecule has 0 saturated carbocycles. The Labute approximate surface area is 248 Å². The number of anilines is 1. The number of Topliss-reactive ketones (excluding diaryl/α,β-unsaturated/α-hetero) is 2. The number of esters is 1. The third-order valence-electron chi connectivity index (χ3n) is 6.90. The van der Waals surface area contributed by atoms with Crippen molar-refractivity contribution in [2.75, 3.05) is 12.0 Å². The summed E-state index contributed by atoms with van der Waals surface area (Å²) in [6.45, 7) is 1.83. The third kappa shape index (κ3) is 5.33. The maximum atomic E-state index is 13.7. The first kappa shape index (κ1) is 29.4. The number of nitrogens with zero attached hydrogens (tertiary/aromatic N) is 3. The van der Waals surface area contributed by atoms with Gasteiger partial charge in [-0.25, -0.2) is 18.2 Å². The number of hydrogen-bond donors (Lipinski definition) is 0. The molecule has 1 saturated heterocycles. The van der Waals surface area contributed by atoms with Crippen molar-refractivity contribution in [3.05, 3.63) is 111 Å². The van der Waals surface area contributed by atoms with E-state index in [-0.39, 0.29) is 31.1 Å². The lowest BCUT2D eigenvalue weighted by molar-refractivity contribution is -0.384. The van der Waals surface area contributed by atoms with Crippen LogP contribution >= 0.6 is 11.3 Å². The van der Waals surface area contributed by atoms with E-state index < -0.39 is 50.2 Å². The second-order valence-corrected chi connectivity index (χ2v) is 12.7. The van der Waals surface area contributed by atoms with E-state index >= 15 is 0 Å². The summed E-state index contributed by atoms with van der Waals surface area (Å²) < 4.78 is 31.0. The van der Waals surface area contributed by atoms with E-state index in [1.807, 2.05) is 6.92 Å². The Morgan fingerprint density at radius 1 is 0.953 bits per heavy atom. The molecule has 1 aliphatic heterocycles. The molecule has 0 N–H and O–H groups in total. The molecule has 218 valence electrons. The molecule has 2 unspecified atom stereocenters. The number of hydrogen-bond acceptors (Lipinski definition) is 11. The van der Waals surface area contributed by atoms with Gasteiger partial charge in [-0.2, -0.15) is 0 Å². The molecule has 1 aliphatic rings. The normalized spacial score (nSPS) is 16.7. The molecule has 4 aromatic rings. The zero-order chi connectivity index (χ0) is 31.1. The molecule has 1 fully saturated rings. The Bertz CT molecular complexity index is 1880. The molecule has 0 radical (unpaired) electrons. The van der Waals surface area contributed by atoms with Crippen LogP contribution in [0.4, 0.5) is 10.8 Å². The van der Waals surface area contributed by atoms with E-state index in [2.05, 4.69) is 4.98 Å². The highest BCUT2D eigenvalue weighted by Crippen LogP contribution is 2.43. The number of ether oxygens (including phenoxy) is 1. The van der Waals surface area contributed by atoms with Crippen LogP contribution in [-0.4, -0.2) is 48.9 Å². The standard InChI is InChI=1S/C29H21N3O9S2/c1-16-3-5-18(6-4-16)25(33)23-24(17-7-9-19(10-8-17)28(36)41-2)31(27(35)26(23)34)29-30-15-22(42-29)43(39,40)21-13-11-20(12-14-21)32(37)38/h3-15,23-24H,1-2H3. The molecule has 2 atom stereocenters. The quantitative estimate of drug-likeness (QED) is 0.0697. The first-order chi connectivity index (χ1) is 20.4. The fourth-order valence-corrected chi connectivity index (χ4v) is 7.22. The minimum atomic E-state index is -4.21. The number of methoxy groups -OCH3 is 1. The number of non-ortho nitro benzene ring substituents is 1. The number of ketones is 2. The van der Waals surface area contributed by atoms with Crippen molar-refractivity contribution in [3.8, 4) is 0 Å². The second-order valence-electron chi connectivity index (χ2n) is 9.52. The van der Waals surface area contributed by atoms with E-state index in [1.165, 1.54) is 31.4 Å². The fraction of sp³-hybridized carbons (Fsp3) is 0.138. The highest BCUT2D eigenvalue weighted by Gasteiger charge is 2.53. The fourth-order valence-electron chi connectivity index (χ4n) is 4.66. The van der Waals surface area contributed by atoms with Crippen molar-refractivity contribution >= 4 is 55.4 Å². The van der Waals surface area contributed by atoms with Gasteiger partial charge in [0.2, 0.25) is 15.6 Å². The number of nitro benzene ring substituents is 1. The molecule has 43 heavy (non-hydrogen) atoms. The number of amides is 1. The maximum Gasteiger partial charge on any atom is 0.337 e. The van der Waals surface area contributed by atoms with Gasteiger partial charge >= 0.3 is 5.97 Å². The van der Waals surface area contributed by atoms with Crippen molar-refractivity contribution in [3.63, 3.8) is 0 Å². The van der Waals surface area contributed by atoms with Gasteiger partial charge in [0.15, 0.2) is 10.9 Å². The topological polar surface area (TPSA) is 171 Å². The Morgan fingerprint density at radius 2 is 1.56 bits per heavy atom. The lowest BCUT2D eigenvalue weighted by Gasteiger charge is -2.25. The van der Waals surface area contributed by atoms with Crippen LogP contribution in [0.2, 0.25) is 0 Å². The summed E-state index contributed by atoms with van der Waals surface area (Å²) in [7, 11) is -2.99. The van der Waals surface area contributed by atoms with Gasteiger partial charge in [-0.15, -0.1) is 0 Å². The van der Waals surface area contributed by atoms with Crippen molar-refractivity contribution in [1.82, 2.24) is 4.98 Å². The monoisotopic (exact) mass is 619 g/mol. The minimum Gasteiger partial charge on any atom is -0.465 e. The number of carbonyl (C=O) groups excluding carboxylic acids is 4. The number of nitro groups is 1. The highest BCUT2D eigenvalue weighted by molar-refractivity contribution is 7.93. The van der Waals surface area contributed by atoms with E-state index in [0.29, 0.717) is 16.9 Å². The van der Waals surface area contributed by atoms with Crippen LogP contribution in [-0.2, 0) is 24.2 Å². The summed E-state index contributed by atoms with van der Waals surface area (Å²) in [5.41, 5.74) is 1.31. The molecule has 5 rings (SSSR count). The number of benzene rings is 3. The number of aryl methyl sites for hydroxylation is 1. The first-order valence-electron chi connectivity index (χ1n) is 12.6. The molecular formula is C29H21N3O9S2. The number of sulfone groups is 1. The molecule has 14 heteroatoms. The Kier molecular flexibility index (Phi) is 7.73. The maximum absolute atomic E-state index is 13.7. The highest BCUT2D eigenvalue weighted by atomic mass is 32.2. The van der Waals surface area contributed by atoms with E-state index in [1.54, 1.807) is 24.3 Å². The van der Waals surface area contributed by atoms with Crippen molar-refractivity contribution in [2.24, 2.45) is 5.92 Å². The van der Waals surface area contributed by atoms with Gasteiger partial charge < -0.3 is 4.74 Å². The van der Waals surface area contributed by atoms with Gasteiger partial charge in [0.05, 0.1) is 34.7 Å². The number of thiazole rings is 1. The molecule has 2 heterocycles. The summed E-state index contributed by atoms with van der Waals surface area (Å²) in [6, 6.07) is 15.4. The van der Waals surface area contributed by atoms with Gasteiger partial charge in [-0.05, 0) is 36.8 Å². The molecule has 1 amide bonds. The van der Waals surface area contributed by atoms with Crippen LogP contribution in [0.1, 0.15) is 37.9 Å². The lowest BCUT2D eigenvalue weighted by atomic mass is 9.86. The van der Waals surface area contributed by atoms with Crippen LogP contribution in [0.3, 0.4) is 0 Å². The molecule has 1 aromatic heterocycles. The third-order valence-corrected chi connectivity index (χ3v) is 10.1. The molecule has 0 aliphatic carbocycles. The SMILES string of the molecule is COC(=O)c1ccc(C2C(C(=O)c3ccc(C)cc3)C(=O)C(=O)N2c2ncc(S(=O)(=O)c3ccc([N+](=O)[O-])cc3)s2)cc1. The predicted molar refractivity (Wildman–Crippen MR) is 153 cm³/mol. The van der Waals surface area contributed by atoms with Gasteiger partial charge in [-0.1, -0.05) is 53.3 Å². The molecule has 0 bridgehead atoms. The zero-order valence-electron chi connectivity index (χ0n) is 22.5. The van der Waals surface area contributed by atoms with Crippen molar-refractivity contribution < 1.29 is 37.3 Å². The minimum absolute atomic E-state index is 0.153. The van der Waals surface area contributed by atoms with E-state index in [0.717, 1.165) is 40.9 Å². The van der Waals surface area contributed by atoms with Gasteiger partial charge in [0, 0.05) is 17.7 Å². The molecule has 0 spiro atoms. The van der Waals surface area contributed by atoms with Crippen molar-refractivity contribution in [2.45, 2.75) is 22.1 Å². The van der Waals surface area contributed by atoms with Crippen LogP contribution < -0.4 is 4.90 Å².